The zero-order chi connectivity index (χ0) is 21.0. The van der Waals surface area contributed by atoms with E-state index >= 15 is 0 Å². The second-order valence-electron chi connectivity index (χ2n) is 5.65. The molecule has 2 aromatic carbocycles. The Morgan fingerprint density at radius 3 is 2.69 bits per heavy atom. The van der Waals surface area contributed by atoms with Crippen LogP contribution in [0.3, 0.4) is 0 Å². The van der Waals surface area contributed by atoms with Crippen LogP contribution in [0.15, 0.2) is 52.9 Å². The average Bonchev–Trinajstić information content (AvgIpc) is 3.04. The predicted octanol–water partition coefficient (Wildman–Crippen LogP) is 6.04. The van der Waals surface area contributed by atoms with Gasteiger partial charge in [0.05, 0.1) is 16.0 Å². The normalized spacial score (nSPS) is 12.0. The Balaban J connectivity index is 1.66. The van der Waals surface area contributed by atoms with Crippen LogP contribution >= 0.6 is 46.9 Å². The molecule has 1 amide bonds. The smallest absolute Gasteiger partial charge is 0.387 e. The number of nitrogens with zero attached hydrogens (tertiary/aromatic N) is 2. The van der Waals surface area contributed by atoms with Crippen LogP contribution in [0.5, 0.6) is 5.75 Å². The van der Waals surface area contributed by atoms with E-state index in [9.17, 15) is 13.6 Å². The van der Waals surface area contributed by atoms with Crippen LogP contribution in [-0.4, -0.2) is 27.5 Å². The molecule has 1 unspecified atom stereocenters. The van der Waals surface area contributed by atoms with E-state index in [0.717, 1.165) is 5.69 Å². The third-order valence-electron chi connectivity index (χ3n) is 3.59. The number of carbonyl (C=O) groups is 1. The topological polar surface area (TPSA) is 56.2 Å². The van der Waals surface area contributed by atoms with Crippen molar-refractivity contribution in [3.8, 4) is 11.4 Å². The Morgan fingerprint density at radius 2 is 2.03 bits per heavy atom. The first-order valence-corrected chi connectivity index (χ1v) is 10.7. The molecule has 152 valence electrons. The monoisotopic (exact) mass is 473 g/mol. The molecule has 1 N–H and O–H groups in total. The van der Waals surface area contributed by atoms with E-state index in [1.807, 2.05) is 30.3 Å². The third-order valence-corrected chi connectivity index (χ3v) is 6.30. The maximum Gasteiger partial charge on any atom is 0.387 e. The Morgan fingerprint density at radius 1 is 1.31 bits per heavy atom. The maximum absolute atomic E-state index is 12.5. The highest BCUT2D eigenvalue weighted by Crippen LogP contribution is 2.31. The lowest BCUT2D eigenvalue weighted by Crippen LogP contribution is -2.22. The van der Waals surface area contributed by atoms with Crippen molar-refractivity contribution >= 4 is 58.5 Å². The second-order valence-corrected chi connectivity index (χ2v) is 9.27. The second kappa shape index (κ2) is 9.66. The molecule has 1 aromatic heterocycles. The van der Waals surface area contributed by atoms with Gasteiger partial charge in [-0.05, 0) is 49.5 Å². The van der Waals surface area contributed by atoms with E-state index in [0.29, 0.717) is 14.0 Å². The Kier molecular flexibility index (Phi) is 7.23. The van der Waals surface area contributed by atoms with Gasteiger partial charge in [-0.3, -0.25) is 4.79 Å². The van der Waals surface area contributed by atoms with Crippen molar-refractivity contribution in [1.29, 1.82) is 0 Å². The number of alkyl halides is 2. The molecule has 11 heteroatoms. The number of amides is 1. The Hall–Kier alpha value is -2.01. The largest absolute Gasteiger partial charge is 0.433 e. The molecular formula is C18H14ClF2N3O2S3. The van der Waals surface area contributed by atoms with Gasteiger partial charge in [-0.15, -0.1) is 5.10 Å². The number of halogens is 3. The van der Waals surface area contributed by atoms with Crippen molar-refractivity contribution in [1.82, 2.24) is 9.78 Å². The van der Waals surface area contributed by atoms with Crippen molar-refractivity contribution < 1.29 is 18.3 Å². The molecule has 0 aliphatic rings. The van der Waals surface area contributed by atoms with Gasteiger partial charge in [0.25, 0.3) is 0 Å². The molecular weight excluding hydrogens is 460 g/mol. The fourth-order valence-corrected chi connectivity index (χ4v) is 4.99. The van der Waals surface area contributed by atoms with E-state index in [-0.39, 0.29) is 16.7 Å². The summed E-state index contributed by atoms with van der Waals surface area (Å²) >= 11 is 13.8. The number of carbonyl (C=O) groups excluding carboxylic acids is 1. The van der Waals surface area contributed by atoms with Crippen LogP contribution in [0, 0.1) is 3.95 Å². The van der Waals surface area contributed by atoms with Crippen molar-refractivity contribution in [2.24, 2.45) is 0 Å². The first-order valence-electron chi connectivity index (χ1n) is 8.21. The van der Waals surface area contributed by atoms with Crippen LogP contribution in [0.25, 0.3) is 5.69 Å². The van der Waals surface area contributed by atoms with Crippen LogP contribution in [0.2, 0.25) is 5.02 Å². The maximum atomic E-state index is 12.5. The van der Waals surface area contributed by atoms with E-state index < -0.39 is 11.9 Å². The SMILES string of the molecule is CC(Sc1nn(-c2ccccc2)c(=S)s1)C(=O)Nc1ccc(OC(F)F)c(Cl)c1. The summed E-state index contributed by atoms with van der Waals surface area (Å²) in [4.78, 5) is 12.5. The molecule has 1 heterocycles. The highest BCUT2D eigenvalue weighted by Gasteiger charge is 2.18. The summed E-state index contributed by atoms with van der Waals surface area (Å²) in [6, 6.07) is 13.5. The van der Waals surface area contributed by atoms with Gasteiger partial charge in [0.2, 0.25) is 5.91 Å². The lowest BCUT2D eigenvalue weighted by atomic mass is 10.3. The molecule has 0 saturated heterocycles. The molecule has 0 aliphatic carbocycles. The van der Waals surface area contributed by atoms with Gasteiger partial charge < -0.3 is 10.1 Å². The molecule has 1 atom stereocenters. The molecule has 5 nitrogen and oxygen atoms in total. The van der Waals surface area contributed by atoms with Crippen molar-refractivity contribution in [3.05, 3.63) is 57.5 Å². The fraction of sp³-hybridized carbons (Fsp3) is 0.167. The molecule has 0 saturated carbocycles. The molecule has 29 heavy (non-hydrogen) atoms. The predicted molar refractivity (Wildman–Crippen MR) is 114 cm³/mol. The van der Waals surface area contributed by atoms with Crippen LogP contribution in [0.1, 0.15) is 6.92 Å². The number of rotatable bonds is 7. The lowest BCUT2D eigenvalue weighted by molar-refractivity contribution is -0.115. The van der Waals surface area contributed by atoms with Gasteiger partial charge in [0, 0.05) is 5.69 Å². The van der Waals surface area contributed by atoms with Gasteiger partial charge >= 0.3 is 6.61 Å². The summed E-state index contributed by atoms with van der Waals surface area (Å²) in [5.74, 6) is -0.450. The van der Waals surface area contributed by atoms with E-state index in [2.05, 4.69) is 15.2 Å². The fourth-order valence-electron chi connectivity index (χ4n) is 2.26. The Bertz CT molecular complexity index is 1060. The van der Waals surface area contributed by atoms with Gasteiger partial charge in [-0.25, -0.2) is 4.68 Å². The van der Waals surface area contributed by atoms with E-state index in [4.69, 9.17) is 23.8 Å². The van der Waals surface area contributed by atoms with Crippen LogP contribution < -0.4 is 10.1 Å². The van der Waals surface area contributed by atoms with Crippen LogP contribution in [-0.2, 0) is 4.79 Å². The summed E-state index contributed by atoms with van der Waals surface area (Å²) in [6.45, 7) is -1.25. The highest BCUT2D eigenvalue weighted by molar-refractivity contribution is 8.02. The summed E-state index contributed by atoms with van der Waals surface area (Å²) in [5.41, 5.74) is 1.22. The minimum absolute atomic E-state index is 0.0250. The number of anilines is 1. The molecule has 0 fully saturated rings. The number of ether oxygens (including phenoxy) is 1. The Labute approximate surface area is 183 Å². The number of nitrogens with one attached hydrogen (secondary N) is 1. The zero-order valence-corrected chi connectivity index (χ0v) is 18.0. The first-order chi connectivity index (χ1) is 13.8. The molecule has 0 radical (unpaired) electrons. The first kappa shape index (κ1) is 21.7. The third kappa shape index (κ3) is 5.75. The molecule has 0 bridgehead atoms. The number of hydrogen-bond acceptors (Lipinski definition) is 6. The quantitative estimate of drug-likeness (QED) is 0.335. The number of aromatic nitrogens is 2. The summed E-state index contributed by atoms with van der Waals surface area (Å²) in [7, 11) is 0. The van der Waals surface area contributed by atoms with Crippen molar-refractivity contribution in [2.45, 2.75) is 23.1 Å². The summed E-state index contributed by atoms with van der Waals surface area (Å²) in [5, 5.41) is 6.66. The van der Waals surface area contributed by atoms with E-state index in [1.165, 1.54) is 41.3 Å². The molecule has 3 rings (SSSR count). The van der Waals surface area contributed by atoms with Gasteiger partial charge in [-0.2, -0.15) is 8.78 Å². The van der Waals surface area contributed by atoms with Crippen molar-refractivity contribution in [3.63, 3.8) is 0 Å². The zero-order valence-electron chi connectivity index (χ0n) is 14.8. The minimum Gasteiger partial charge on any atom is -0.433 e. The average molecular weight is 474 g/mol. The van der Waals surface area contributed by atoms with E-state index in [1.54, 1.807) is 11.6 Å². The highest BCUT2D eigenvalue weighted by atomic mass is 35.5. The number of benzene rings is 2. The summed E-state index contributed by atoms with van der Waals surface area (Å²) < 4.78 is 31.7. The van der Waals surface area contributed by atoms with Crippen LogP contribution in [0.4, 0.5) is 14.5 Å². The van der Waals surface area contributed by atoms with Gasteiger partial charge in [0.1, 0.15) is 5.75 Å². The minimum atomic E-state index is -2.98. The molecule has 0 aliphatic heterocycles. The van der Waals surface area contributed by atoms with Gasteiger partial charge in [0.15, 0.2) is 8.29 Å². The van der Waals surface area contributed by atoms with Crippen molar-refractivity contribution in [2.75, 3.05) is 5.32 Å². The summed E-state index contributed by atoms with van der Waals surface area (Å²) in [6.07, 6.45) is 0. The number of hydrogen-bond donors (Lipinski definition) is 1. The molecule has 0 spiro atoms. The number of para-hydroxylation sites is 1. The standard InChI is InChI=1S/C18H14ClF2N3O2S3/c1-10(15(25)22-11-7-8-14(13(19)9-11)26-16(20)21)28-17-23-24(18(27)29-17)12-5-3-2-4-6-12/h2-10,16H,1H3,(H,22,25). The lowest BCUT2D eigenvalue weighted by Gasteiger charge is -2.12. The van der Waals surface area contributed by atoms with Gasteiger partial charge in [-0.1, -0.05) is 52.9 Å². The molecule has 3 aromatic rings. The number of thioether (sulfide) groups is 1.